The number of aryl methyl sites for hydroxylation is 4. The Kier molecular flexibility index (Phi) is 5.03. The van der Waals surface area contributed by atoms with Crippen molar-refractivity contribution in [2.75, 3.05) is 0 Å². The minimum atomic E-state index is -4.86. The van der Waals surface area contributed by atoms with Gasteiger partial charge in [-0.05, 0) is 166 Å². The number of para-hydroxylation sites is 1. The molecular formula is C72H62N4O. The molecule has 12 aromatic rings. The first-order chi connectivity index (χ1) is 54.1. The van der Waals surface area contributed by atoms with Crippen molar-refractivity contribution in [1.29, 1.82) is 0 Å². The van der Waals surface area contributed by atoms with Crippen LogP contribution in [-0.2, 0) is 10.8 Å². The lowest BCUT2D eigenvalue weighted by molar-refractivity contribution is -0.571. The summed E-state index contributed by atoms with van der Waals surface area (Å²) in [6.07, 6.45) is -5.51. The van der Waals surface area contributed by atoms with Crippen molar-refractivity contribution in [3.63, 3.8) is 0 Å². The number of aromatic nitrogens is 4. The number of fused-ring (bicyclic) bond motifs is 5. The average Bonchev–Trinajstić information content (AvgIpc) is 0.660. The molecule has 3 heterocycles. The summed E-state index contributed by atoms with van der Waals surface area (Å²) in [6, 6.07) is 12.8. The van der Waals surface area contributed by atoms with Crippen LogP contribution >= 0.6 is 0 Å². The van der Waals surface area contributed by atoms with E-state index in [1.54, 1.807) is 47.0 Å². The van der Waals surface area contributed by atoms with Crippen LogP contribution in [0.25, 0.3) is 94.5 Å². The normalized spacial score (nSPS) is 24.2. The van der Waals surface area contributed by atoms with Gasteiger partial charge < -0.3 is 4.74 Å². The number of hydrogen-bond donors (Lipinski definition) is 0. The Labute approximate surface area is 510 Å². The number of nitrogens with zero attached hydrogens (tertiary/aromatic N) is 4. The van der Waals surface area contributed by atoms with Crippen molar-refractivity contribution in [1.82, 2.24) is 14.1 Å². The second-order valence-electron chi connectivity index (χ2n) is 18.1. The van der Waals surface area contributed by atoms with Crippen LogP contribution in [0.4, 0.5) is 0 Å². The molecule has 0 fully saturated rings. The number of benzene rings is 9. The van der Waals surface area contributed by atoms with E-state index in [4.69, 9.17) is 48.6 Å². The van der Waals surface area contributed by atoms with Crippen molar-refractivity contribution in [2.45, 2.75) is 78.4 Å². The highest BCUT2D eigenvalue weighted by molar-refractivity contribution is 6.09. The number of ether oxygens (including phenoxy) is 1. The van der Waals surface area contributed by atoms with Gasteiger partial charge in [-0.15, -0.1) is 0 Å². The molecule has 5 nitrogen and oxygen atoms in total. The van der Waals surface area contributed by atoms with Gasteiger partial charge in [-0.25, -0.2) is 4.98 Å². The highest BCUT2D eigenvalue weighted by Crippen LogP contribution is 2.48. The zero-order valence-corrected chi connectivity index (χ0v) is 39.8. The summed E-state index contributed by atoms with van der Waals surface area (Å²) in [5, 5.41) is 1.16. The number of rotatable bonds is 9. The van der Waals surface area contributed by atoms with Crippen LogP contribution in [0.1, 0.15) is 130 Å². The van der Waals surface area contributed by atoms with Crippen LogP contribution < -0.4 is 9.30 Å². The van der Waals surface area contributed by atoms with Gasteiger partial charge in [0.05, 0.1) is 51.3 Å². The van der Waals surface area contributed by atoms with Gasteiger partial charge in [-0.1, -0.05) is 178 Å². The molecule has 1 aliphatic rings. The van der Waals surface area contributed by atoms with E-state index in [-0.39, 0.29) is 50.7 Å². The van der Waals surface area contributed by atoms with E-state index in [1.807, 2.05) is 0 Å². The SMILES string of the molecule is [2H]c1c([2H])c([2H])c(-c2cnc(-n3c4ccccc4c4ccc(Oc5cccc(-n6[c-][n+](-c7c(-c8c([2H])c([2H])c([2H])c([2H])c8[2H])cc(C([2H])([2H])[2H])cc7-c7c([2H])c([2H])c8c(c7[2H])C(C([2H])([2H])[2H])(C([2H])([2H])[2H])C([2H])([2H])C([2H])([2H])C8(C([2H])([2H])[2H])C([2H])([2H])[2H])c7ccc(-c8c(C([2H])([2H])[2H])cccc8C([2H])([2H])[2H])cc76)c5)cc43)cc2C([2H])([2H])[2H])c([2H])c1[2H]. The molecule has 0 spiro atoms. The first-order valence-electron chi connectivity index (χ1n) is 44.0. The van der Waals surface area contributed by atoms with E-state index in [0.717, 1.165) is 29.0 Å². The van der Waals surface area contributed by atoms with Crippen molar-refractivity contribution in [2.24, 2.45) is 0 Å². The Morgan fingerprint density at radius 2 is 1.27 bits per heavy atom. The number of hydrogen-bond acceptors (Lipinski definition) is 2. The van der Waals surface area contributed by atoms with Gasteiger partial charge in [0, 0.05) is 67.0 Å². The highest BCUT2D eigenvalue weighted by Gasteiger charge is 2.37. The fourth-order valence-electron chi connectivity index (χ4n) is 9.78. The van der Waals surface area contributed by atoms with E-state index in [9.17, 15) is 12.3 Å². The molecule has 3 aromatic heterocycles. The maximum absolute atomic E-state index is 10.4. The first-order valence-corrected chi connectivity index (χ1v) is 23.5. The fraction of sp³-hybridized carbons (Fsp3) is 0.167. The summed E-state index contributed by atoms with van der Waals surface area (Å²) in [5.74, 6) is -0.0236. The van der Waals surface area contributed by atoms with Crippen LogP contribution in [0, 0.1) is 33.7 Å². The van der Waals surface area contributed by atoms with Crippen molar-refractivity contribution in [3.8, 4) is 73.2 Å². The fourth-order valence-corrected chi connectivity index (χ4v) is 9.78. The van der Waals surface area contributed by atoms with Gasteiger partial charge in [0.15, 0.2) is 0 Å². The van der Waals surface area contributed by atoms with E-state index in [0.29, 0.717) is 27.9 Å². The van der Waals surface area contributed by atoms with Gasteiger partial charge in [0.2, 0.25) is 0 Å². The second kappa shape index (κ2) is 18.5. The van der Waals surface area contributed by atoms with Gasteiger partial charge >= 0.3 is 0 Å². The Bertz CT molecular complexity index is 6100. The van der Waals surface area contributed by atoms with Crippen LogP contribution in [0.15, 0.2) is 206 Å². The van der Waals surface area contributed by atoms with E-state index in [1.165, 1.54) is 59.2 Å². The predicted molar refractivity (Wildman–Crippen MR) is 318 cm³/mol. The average molecular weight is 1040 g/mol. The van der Waals surface area contributed by atoms with Crippen LogP contribution in [0.2, 0.25) is 0 Å². The standard InChI is InChI=1S/C72H62N4O/c1-46-37-59(50-21-11-9-12-22-50)70(60(38-46)52-29-33-62-63(40-52)72(7,8)36-35-71(62,5)6)75-45-74(67-41-53(30-34-65(67)75)69-47(2)19-17-20-48(69)3)54-25-18-26-55(42-54)77-56-31-32-58-57-27-15-16-28-64(57)76(66(58)43-56)68-39-49(4)61(44-73-68)51-23-13-10-14-24-51/h9-34,37-44H,35-36H2,1-8H3/i1D3,2D3,3D3,4D3,5D3,6D3,7D3,8D3,9D,10D,11D,12D,13D,14D,21D,22D,23D,24D,29D,33D,35D2,36D2,40D. The number of pyridine rings is 1. The Morgan fingerprint density at radius 1 is 0.571 bits per heavy atom. The molecule has 0 bridgehead atoms. The Morgan fingerprint density at radius 3 is 2.03 bits per heavy atom. The van der Waals surface area contributed by atoms with Crippen molar-refractivity contribution in [3.05, 3.63) is 246 Å². The Balaban J connectivity index is 1.15. The molecule has 13 rings (SSSR count). The lowest BCUT2D eigenvalue weighted by Gasteiger charge is -2.42. The molecule has 1 aliphatic carbocycles. The third-order valence-corrected chi connectivity index (χ3v) is 13.2. The van der Waals surface area contributed by atoms with Crippen LogP contribution in [0.5, 0.6) is 11.5 Å². The van der Waals surface area contributed by atoms with E-state index < -0.39 is 224 Å². The largest absolute Gasteiger partial charge is 0.458 e. The smallest absolute Gasteiger partial charge is 0.269 e. The molecule has 0 aliphatic heterocycles. The molecule has 0 unspecified atom stereocenters. The minimum Gasteiger partial charge on any atom is -0.458 e. The molecular weight excluding hydrogens is 937 g/mol. The topological polar surface area (TPSA) is 35.9 Å². The predicted octanol–water partition coefficient (Wildman–Crippen LogP) is 18.2. The molecule has 77 heavy (non-hydrogen) atoms. The maximum Gasteiger partial charge on any atom is 0.269 e. The zero-order valence-electron chi connectivity index (χ0n) is 80.8. The third-order valence-electron chi connectivity index (χ3n) is 13.2. The lowest BCUT2D eigenvalue weighted by Crippen LogP contribution is -2.34. The van der Waals surface area contributed by atoms with Crippen LogP contribution in [0.3, 0.4) is 0 Å². The van der Waals surface area contributed by atoms with Crippen molar-refractivity contribution >= 4 is 32.8 Å². The van der Waals surface area contributed by atoms with E-state index in [2.05, 4.69) is 11.3 Å². The summed E-state index contributed by atoms with van der Waals surface area (Å²) in [6.45, 7) is -30.9. The number of imidazole rings is 1. The van der Waals surface area contributed by atoms with Gasteiger partial charge in [0.1, 0.15) is 17.3 Å². The molecule has 0 saturated carbocycles. The summed E-state index contributed by atoms with van der Waals surface area (Å²) in [7, 11) is 0. The van der Waals surface area contributed by atoms with Gasteiger partial charge in [0.25, 0.3) is 6.33 Å². The first kappa shape index (κ1) is 21.0. The molecule has 0 N–H and O–H groups in total. The van der Waals surface area contributed by atoms with Gasteiger partial charge in [-0.3, -0.25) is 13.7 Å². The summed E-state index contributed by atoms with van der Waals surface area (Å²) in [4.78, 5) is 4.64. The van der Waals surface area contributed by atoms with Crippen LogP contribution in [-0.4, -0.2) is 14.1 Å². The molecule has 0 saturated heterocycles. The minimum absolute atomic E-state index is 0.0196. The Hall–Kier alpha value is -8.80. The molecule has 5 heteroatoms. The molecule has 376 valence electrons. The summed E-state index contributed by atoms with van der Waals surface area (Å²) in [5.41, 5.74) is -21.7. The molecule has 0 amide bonds. The highest BCUT2D eigenvalue weighted by atomic mass is 16.5. The summed E-state index contributed by atoms with van der Waals surface area (Å²) < 4.78 is 380. The molecule has 0 atom stereocenters. The van der Waals surface area contributed by atoms with E-state index >= 15 is 0 Å². The lowest BCUT2D eigenvalue weighted by atomic mass is 9.63. The van der Waals surface area contributed by atoms with Crippen molar-refractivity contribution < 1.29 is 65.5 Å². The zero-order chi connectivity index (χ0) is 87.6. The third kappa shape index (κ3) is 8.33. The quantitative estimate of drug-likeness (QED) is 0.107. The monoisotopic (exact) mass is 1040 g/mol. The maximum atomic E-state index is 10.4. The summed E-state index contributed by atoms with van der Waals surface area (Å²) >= 11 is 0. The second-order valence-corrected chi connectivity index (χ2v) is 18.1. The molecule has 0 radical (unpaired) electrons. The molecule has 9 aromatic carbocycles. The van der Waals surface area contributed by atoms with Gasteiger partial charge in [-0.2, -0.15) is 0 Å².